The van der Waals surface area contributed by atoms with Crippen LogP contribution in [0.1, 0.15) is 43.3 Å². The molecule has 0 amide bonds. The van der Waals surface area contributed by atoms with Gasteiger partial charge in [0.05, 0.1) is 17.2 Å². The van der Waals surface area contributed by atoms with Crippen LogP contribution in [0.25, 0.3) is 0 Å². The number of hydrogen-bond acceptors (Lipinski definition) is 4. The summed E-state index contributed by atoms with van der Waals surface area (Å²) in [5.74, 6) is 0.868. The summed E-state index contributed by atoms with van der Waals surface area (Å²) in [4.78, 5) is 18.1. The van der Waals surface area contributed by atoms with Crippen molar-refractivity contribution in [2.75, 3.05) is 13.1 Å². The Kier molecular flexibility index (Phi) is 3.71. The minimum atomic E-state index is 0.366. The van der Waals surface area contributed by atoms with Gasteiger partial charge in [0, 0.05) is 24.3 Å². The number of likely N-dealkylation sites (tertiary alicyclic amines) is 1. The Hall–Kier alpha value is -0.740. The molecular formula is C12H18N2OS. The number of ketones is 1. The average Bonchev–Trinajstić information content (AvgIpc) is 2.66. The van der Waals surface area contributed by atoms with Crippen LogP contribution in [0.15, 0.2) is 5.38 Å². The molecule has 2 rings (SSSR count). The molecule has 0 unspecified atom stereocenters. The van der Waals surface area contributed by atoms with Crippen LogP contribution in [0.5, 0.6) is 0 Å². The van der Waals surface area contributed by atoms with E-state index in [4.69, 9.17) is 0 Å². The molecule has 88 valence electrons. The lowest BCUT2D eigenvalue weighted by molar-refractivity contribution is -0.122. The van der Waals surface area contributed by atoms with Crippen molar-refractivity contribution in [1.29, 1.82) is 0 Å². The zero-order valence-electron chi connectivity index (χ0n) is 9.90. The minimum absolute atomic E-state index is 0.366. The number of Topliss-reactive ketones (excluding diaryl/α,β-unsaturated/α-hetero) is 1. The summed E-state index contributed by atoms with van der Waals surface area (Å²) in [5.41, 5.74) is 1.11. The first-order chi connectivity index (χ1) is 7.65. The molecule has 0 N–H and O–H groups in total. The lowest BCUT2D eigenvalue weighted by Gasteiger charge is -2.24. The first-order valence-corrected chi connectivity index (χ1v) is 6.71. The highest BCUT2D eigenvalue weighted by atomic mass is 32.1. The molecule has 0 radical (unpaired) electrons. The van der Waals surface area contributed by atoms with Gasteiger partial charge in [-0.1, -0.05) is 13.8 Å². The molecule has 1 aromatic heterocycles. The molecule has 0 spiro atoms. The van der Waals surface area contributed by atoms with E-state index in [-0.39, 0.29) is 0 Å². The largest absolute Gasteiger partial charge is 0.298 e. The normalized spacial score (nSPS) is 18.3. The third kappa shape index (κ3) is 2.89. The lowest BCUT2D eigenvalue weighted by atomic mass is 10.1. The highest BCUT2D eigenvalue weighted by molar-refractivity contribution is 7.09. The lowest BCUT2D eigenvalue weighted by Crippen LogP contribution is -2.35. The molecule has 0 aliphatic carbocycles. The second-order valence-electron chi connectivity index (χ2n) is 4.68. The van der Waals surface area contributed by atoms with E-state index in [1.165, 1.54) is 5.01 Å². The van der Waals surface area contributed by atoms with Gasteiger partial charge in [-0.15, -0.1) is 11.3 Å². The summed E-state index contributed by atoms with van der Waals surface area (Å²) < 4.78 is 0. The van der Waals surface area contributed by atoms with Gasteiger partial charge in [0.2, 0.25) is 0 Å². The van der Waals surface area contributed by atoms with Crippen molar-refractivity contribution in [2.24, 2.45) is 0 Å². The molecule has 0 atom stereocenters. The van der Waals surface area contributed by atoms with Gasteiger partial charge in [0.15, 0.2) is 0 Å². The second kappa shape index (κ2) is 5.06. The minimum Gasteiger partial charge on any atom is -0.298 e. The number of thiazole rings is 1. The number of carbonyl (C=O) groups is 1. The molecule has 4 heteroatoms. The van der Waals surface area contributed by atoms with E-state index >= 15 is 0 Å². The van der Waals surface area contributed by atoms with Gasteiger partial charge >= 0.3 is 0 Å². The number of piperidine rings is 1. The Morgan fingerprint density at radius 1 is 1.56 bits per heavy atom. The molecular weight excluding hydrogens is 220 g/mol. The monoisotopic (exact) mass is 238 g/mol. The van der Waals surface area contributed by atoms with Crippen molar-refractivity contribution in [3.63, 3.8) is 0 Å². The summed E-state index contributed by atoms with van der Waals surface area (Å²) in [7, 11) is 0. The highest BCUT2D eigenvalue weighted by Gasteiger charge is 2.17. The van der Waals surface area contributed by atoms with E-state index in [0.717, 1.165) is 31.6 Å². The van der Waals surface area contributed by atoms with E-state index in [0.29, 0.717) is 18.2 Å². The van der Waals surface area contributed by atoms with Crippen molar-refractivity contribution in [3.05, 3.63) is 16.1 Å². The van der Waals surface area contributed by atoms with Crippen LogP contribution in [0.4, 0.5) is 0 Å². The van der Waals surface area contributed by atoms with Gasteiger partial charge in [0.1, 0.15) is 5.78 Å². The smallest absolute Gasteiger partial charge is 0.146 e. The van der Waals surface area contributed by atoms with Gasteiger partial charge in [0.25, 0.3) is 0 Å². The van der Waals surface area contributed by atoms with E-state index in [2.05, 4.69) is 29.1 Å². The quantitative estimate of drug-likeness (QED) is 0.811. The van der Waals surface area contributed by atoms with Crippen molar-refractivity contribution >= 4 is 17.1 Å². The Bertz CT molecular complexity index is 373. The van der Waals surface area contributed by atoms with Crippen LogP contribution in [0.3, 0.4) is 0 Å². The number of carbonyl (C=O) groups excluding carboxylic acids is 1. The van der Waals surface area contributed by atoms with E-state index < -0.39 is 0 Å². The van der Waals surface area contributed by atoms with Crippen molar-refractivity contribution in [1.82, 2.24) is 9.88 Å². The zero-order chi connectivity index (χ0) is 11.5. The molecule has 3 nitrogen and oxygen atoms in total. The highest BCUT2D eigenvalue weighted by Crippen LogP contribution is 2.20. The second-order valence-corrected chi connectivity index (χ2v) is 5.57. The van der Waals surface area contributed by atoms with Crippen LogP contribution in [0, 0.1) is 0 Å². The van der Waals surface area contributed by atoms with Gasteiger partial charge in [-0.25, -0.2) is 4.98 Å². The first kappa shape index (κ1) is 11.7. The SMILES string of the molecule is CC(C)c1nc(CN2CCCC(=O)C2)cs1. The first-order valence-electron chi connectivity index (χ1n) is 5.83. The Morgan fingerprint density at radius 2 is 2.38 bits per heavy atom. The molecule has 1 saturated heterocycles. The number of aromatic nitrogens is 1. The third-order valence-electron chi connectivity index (χ3n) is 2.78. The van der Waals surface area contributed by atoms with Crippen LogP contribution in [-0.4, -0.2) is 28.8 Å². The fraction of sp³-hybridized carbons (Fsp3) is 0.667. The van der Waals surface area contributed by atoms with Crippen LogP contribution in [-0.2, 0) is 11.3 Å². The third-order valence-corrected chi connectivity index (χ3v) is 3.97. The standard InChI is InChI=1S/C12H18N2OS/c1-9(2)12-13-10(8-16-12)6-14-5-3-4-11(15)7-14/h8-9H,3-7H2,1-2H3. The van der Waals surface area contributed by atoms with Gasteiger partial charge < -0.3 is 0 Å². The maximum Gasteiger partial charge on any atom is 0.146 e. The summed E-state index contributed by atoms with van der Waals surface area (Å²) in [6.45, 7) is 6.78. The predicted octanol–water partition coefficient (Wildman–Crippen LogP) is 2.43. The van der Waals surface area contributed by atoms with E-state index in [1.54, 1.807) is 11.3 Å². The van der Waals surface area contributed by atoms with Crippen LogP contribution >= 0.6 is 11.3 Å². The Balaban J connectivity index is 1.95. The van der Waals surface area contributed by atoms with Gasteiger partial charge in [-0.05, 0) is 13.0 Å². The Labute approximate surface area is 100 Å². The molecule has 1 aliphatic rings. The molecule has 1 fully saturated rings. The van der Waals surface area contributed by atoms with Crippen LogP contribution < -0.4 is 0 Å². The molecule has 0 aromatic carbocycles. The molecule has 16 heavy (non-hydrogen) atoms. The van der Waals surface area contributed by atoms with E-state index in [9.17, 15) is 4.79 Å². The molecule has 1 aliphatic heterocycles. The van der Waals surface area contributed by atoms with E-state index in [1.807, 2.05) is 0 Å². The number of rotatable bonds is 3. The maximum absolute atomic E-state index is 11.3. The summed E-state index contributed by atoms with van der Waals surface area (Å²) >= 11 is 1.72. The average molecular weight is 238 g/mol. The fourth-order valence-electron chi connectivity index (χ4n) is 1.93. The fourth-order valence-corrected chi connectivity index (χ4v) is 2.76. The van der Waals surface area contributed by atoms with Gasteiger partial charge in [-0.3, -0.25) is 9.69 Å². The maximum atomic E-state index is 11.3. The topological polar surface area (TPSA) is 33.2 Å². The molecule has 2 heterocycles. The zero-order valence-corrected chi connectivity index (χ0v) is 10.7. The van der Waals surface area contributed by atoms with Crippen LogP contribution in [0.2, 0.25) is 0 Å². The number of nitrogens with zero attached hydrogens (tertiary/aromatic N) is 2. The molecule has 0 bridgehead atoms. The summed E-state index contributed by atoms with van der Waals surface area (Å²) in [6.07, 6.45) is 1.75. The van der Waals surface area contributed by atoms with Crippen molar-refractivity contribution in [2.45, 2.75) is 39.2 Å². The Morgan fingerprint density at radius 3 is 3.00 bits per heavy atom. The van der Waals surface area contributed by atoms with Crippen molar-refractivity contribution < 1.29 is 4.79 Å². The summed E-state index contributed by atoms with van der Waals surface area (Å²) in [6, 6.07) is 0. The molecule has 1 aromatic rings. The summed E-state index contributed by atoms with van der Waals surface area (Å²) in [5, 5.41) is 3.31. The predicted molar refractivity (Wildman–Crippen MR) is 65.7 cm³/mol. The van der Waals surface area contributed by atoms with Crippen molar-refractivity contribution in [3.8, 4) is 0 Å². The molecule has 0 saturated carbocycles. The number of hydrogen-bond donors (Lipinski definition) is 0. The van der Waals surface area contributed by atoms with Gasteiger partial charge in [-0.2, -0.15) is 0 Å².